The number of pyridine rings is 1. The van der Waals surface area contributed by atoms with Gasteiger partial charge in [0.25, 0.3) is 0 Å². The molecule has 10 rings (SSSR count). The predicted molar refractivity (Wildman–Crippen MR) is 210 cm³/mol. The summed E-state index contributed by atoms with van der Waals surface area (Å²) < 4.78 is 2.57. The fourth-order valence-corrected chi connectivity index (χ4v) is 9.18. The number of anilines is 3. The van der Waals surface area contributed by atoms with E-state index >= 15 is 0 Å². The zero-order valence-electron chi connectivity index (χ0n) is 27.3. The van der Waals surface area contributed by atoms with Gasteiger partial charge >= 0.3 is 0 Å². The minimum atomic E-state index is -0.0733. The Morgan fingerprint density at radius 1 is 0.490 bits per heavy atom. The molecule has 0 amide bonds. The molecular weight excluding hydrogens is 613 g/mol. The minimum Gasteiger partial charge on any atom is -0.310 e. The monoisotopic (exact) mass is 644 g/mol. The van der Waals surface area contributed by atoms with Crippen molar-refractivity contribution in [3.8, 4) is 22.4 Å². The molecule has 0 aliphatic heterocycles. The lowest BCUT2D eigenvalue weighted by Gasteiger charge is -2.28. The number of thiophene rings is 1. The van der Waals surface area contributed by atoms with Crippen molar-refractivity contribution in [2.75, 3.05) is 4.90 Å². The van der Waals surface area contributed by atoms with Gasteiger partial charge in [-0.05, 0) is 76.2 Å². The lowest BCUT2D eigenvalue weighted by molar-refractivity contribution is 0.660. The number of rotatable bonds is 4. The quantitative estimate of drug-likeness (QED) is 0.177. The van der Waals surface area contributed by atoms with Crippen LogP contribution in [0.25, 0.3) is 64.2 Å². The molecular formula is C46H32N2S. The SMILES string of the molecule is CC1(C)c2ccccc2-c2ccc(N(c3ccccc3)c3ccc(-c4nc5c(ccc6sc7ccccc7c65)c5ccccc45)cc3)cc21. The first-order valence-electron chi connectivity index (χ1n) is 16.9. The van der Waals surface area contributed by atoms with Crippen molar-refractivity contribution < 1.29 is 0 Å². The zero-order valence-corrected chi connectivity index (χ0v) is 28.1. The van der Waals surface area contributed by atoms with Gasteiger partial charge in [-0.1, -0.05) is 123 Å². The van der Waals surface area contributed by atoms with Crippen LogP contribution in [0.15, 0.2) is 158 Å². The standard InChI is InChI=1S/C46H32N2S/c1-46(2)39-18-10-8-15-34(39)35-25-24-32(28-40(35)46)48(30-12-4-3-5-13-30)31-22-20-29(21-23-31)44-36-16-7-6-14-33(36)37-26-27-42-43(45(37)47-44)38-17-9-11-19-41(38)49-42/h3-28H,1-2H3. The fourth-order valence-electron chi connectivity index (χ4n) is 8.07. The van der Waals surface area contributed by atoms with E-state index in [4.69, 9.17) is 4.98 Å². The molecule has 0 bridgehead atoms. The summed E-state index contributed by atoms with van der Waals surface area (Å²) in [7, 11) is 0. The zero-order chi connectivity index (χ0) is 32.7. The van der Waals surface area contributed by atoms with Crippen molar-refractivity contribution in [1.29, 1.82) is 0 Å². The Morgan fingerprint density at radius 3 is 1.98 bits per heavy atom. The molecule has 2 nitrogen and oxygen atoms in total. The molecule has 2 aromatic heterocycles. The van der Waals surface area contributed by atoms with E-state index in [0.29, 0.717) is 0 Å². The van der Waals surface area contributed by atoms with Gasteiger partial charge in [0.1, 0.15) is 0 Å². The molecule has 1 aliphatic carbocycles. The average Bonchev–Trinajstić information content (AvgIpc) is 3.64. The van der Waals surface area contributed by atoms with E-state index in [0.717, 1.165) is 33.8 Å². The smallest absolute Gasteiger partial charge is 0.0809 e. The second-order valence-corrected chi connectivity index (χ2v) is 14.6. The molecule has 2 heterocycles. The third-order valence-electron chi connectivity index (χ3n) is 10.5. The third kappa shape index (κ3) is 4.22. The van der Waals surface area contributed by atoms with E-state index in [2.05, 4.69) is 176 Å². The maximum Gasteiger partial charge on any atom is 0.0809 e. The van der Waals surface area contributed by atoms with Gasteiger partial charge in [0.05, 0.1) is 11.2 Å². The predicted octanol–water partition coefficient (Wildman–Crippen LogP) is 13.2. The van der Waals surface area contributed by atoms with Crippen LogP contribution in [0.2, 0.25) is 0 Å². The lowest BCUT2D eigenvalue weighted by Crippen LogP contribution is -2.16. The molecule has 0 atom stereocenters. The van der Waals surface area contributed by atoms with Gasteiger partial charge in [0, 0.05) is 59.0 Å². The highest BCUT2D eigenvalue weighted by Crippen LogP contribution is 2.50. The Kier molecular flexibility index (Phi) is 6.12. The normalized spacial score (nSPS) is 13.3. The van der Waals surface area contributed by atoms with Crippen molar-refractivity contribution in [3.63, 3.8) is 0 Å². The molecule has 3 heteroatoms. The first-order chi connectivity index (χ1) is 24.1. The second-order valence-electron chi connectivity index (χ2n) is 13.6. The molecule has 1 aliphatic rings. The summed E-state index contributed by atoms with van der Waals surface area (Å²) in [5, 5.41) is 6.12. The molecule has 0 saturated carbocycles. The van der Waals surface area contributed by atoms with E-state index in [9.17, 15) is 0 Å². The summed E-state index contributed by atoms with van der Waals surface area (Å²) in [4.78, 5) is 7.85. The lowest BCUT2D eigenvalue weighted by atomic mass is 9.82. The summed E-state index contributed by atoms with van der Waals surface area (Å²) in [5.74, 6) is 0. The van der Waals surface area contributed by atoms with Gasteiger partial charge in [-0.3, -0.25) is 0 Å². The summed E-state index contributed by atoms with van der Waals surface area (Å²) in [6.45, 7) is 4.69. The molecule has 9 aromatic rings. The Bertz CT molecular complexity index is 2740. The van der Waals surface area contributed by atoms with Gasteiger partial charge in [0.15, 0.2) is 0 Å². The van der Waals surface area contributed by atoms with E-state index in [-0.39, 0.29) is 5.41 Å². The van der Waals surface area contributed by atoms with Crippen LogP contribution in [0.1, 0.15) is 25.0 Å². The highest BCUT2D eigenvalue weighted by atomic mass is 32.1. The maximum atomic E-state index is 5.48. The summed E-state index contributed by atoms with van der Waals surface area (Å²) >= 11 is 1.84. The molecule has 49 heavy (non-hydrogen) atoms. The van der Waals surface area contributed by atoms with Crippen LogP contribution in [0.5, 0.6) is 0 Å². The Balaban J connectivity index is 1.14. The van der Waals surface area contributed by atoms with Crippen molar-refractivity contribution in [3.05, 3.63) is 169 Å². The highest BCUT2D eigenvalue weighted by Gasteiger charge is 2.35. The first-order valence-corrected chi connectivity index (χ1v) is 17.7. The first kappa shape index (κ1) is 28.3. The van der Waals surface area contributed by atoms with Crippen LogP contribution in [-0.4, -0.2) is 4.98 Å². The van der Waals surface area contributed by atoms with Crippen molar-refractivity contribution in [1.82, 2.24) is 4.98 Å². The van der Waals surface area contributed by atoms with Gasteiger partial charge in [-0.25, -0.2) is 4.98 Å². The second kappa shape index (κ2) is 10.6. The van der Waals surface area contributed by atoms with Crippen LogP contribution in [0.4, 0.5) is 17.1 Å². The van der Waals surface area contributed by atoms with Crippen molar-refractivity contribution in [2.45, 2.75) is 19.3 Å². The number of hydrogen-bond donors (Lipinski definition) is 0. The number of fused-ring (bicyclic) bond motifs is 10. The Labute approximate surface area is 289 Å². The van der Waals surface area contributed by atoms with Gasteiger partial charge in [0.2, 0.25) is 0 Å². The van der Waals surface area contributed by atoms with E-state index in [1.807, 2.05) is 11.3 Å². The van der Waals surface area contributed by atoms with E-state index < -0.39 is 0 Å². The molecule has 0 saturated heterocycles. The number of aromatic nitrogens is 1. The average molecular weight is 645 g/mol. The van der Waals surface area contributed by atoms with Crippen molar-refractivity contribution in [2.24, 2.45) is 0 Å². The topological polar surface area (TPSA) is 16.1 Å². The molecule has 7 aromatic carbocycles. The Hall–Kier alpha value is -5.77. The maximum absolute atomic E-state index is 5.48. The number of para-hydroxylation sites is 1. The Morgan fingerprint density at radius 2 is 1.14 bits per heavy atom. The van der Waals surface area contributed by atoms with Crippen LogP contribution in [0, 0.1) is 0 Å². The number of nitrogens with zero attached hydrogens (tertiary/aromatic N) is 2. The van der Waals surface area contributed by atoms with Crippen LogP contribution < -0.4 is 4.90 Å². The third-order valence-corrected chi connectivity index (χ3v) is 11.6. The number of benzene rings is 7. The van der Waals surface area contributed by atoms with Crippen LogP contribution >= 0.6 is 11.3 Å². The van der Waals surface area contributed by atoms with E-state index in [1.54, 1.807) is 0 Å². The fraction of sp³-hybridized carbons (Fsp3) is 0.0652. The highest BCUT2D eigenvalue weighted by molar-refractivity contribution is 7.26. The molecule has 0 N–H and O–H groups in total. The van der Waals surface area contributed by atoms with Gasteiger partial charge < -0.3 is 4.90 Å². The minimum absolute atomic E-state index is 0.0733. The van der Waals surface area contributed by atoms with Crippen LogP contribution in [-0.2, 0) is 5.41 Å². The molecule has 0 unspecified atom stereocenters. The van der Waals surface area contributed by atoms with Crippen LogP contribution in [0.3, 0.4) is 0 Å². The summed E-state index contributed by atoms with van der Waals surface area (Å²) in [6, 6.07) is 57.4. The van der Waals surface area contributed by atoms with Crippen molar-refractivity contribution >= 4 is 70.2 Å². The summed E-state index contributed by atoms with van der Waals surface area (Å²) in [5.41, 5.74) is 11.9. The molecule has 0 fully saturated rings. The summed E-state index contributed by atoms with van der Waals surface area (Å²) in [6.07, 6.45) is 0. The van der Waals surface area contributed by atoms with Gasteiger partial charge in [-0.2, -0.15) is 0 Å². The van der Waals surface area contributed by atoms with Gasteiger partial charge in [-0.15, -0.1) is 11.3 Å². The largest absolute Gasteiger partial charge is 0.310 e. The molecule has 232 valence electrons. The number of hydrogen-bond acceptors (Lipinski definition) is 3. The van der Waals surface area contributed by atoms with E-state index in [1.165, 1.54) is 58.6 Å². The molecule has 0 spiro atoms. The molecule has 0 radical (unpaired) electrons.